The summed E-state index contributed by atoms with van der Waals surface area (Å²) in [6, 6.07) is 19.1. The zero-order chi connectivity index (χ0) is 21.5. The van der Waals surface area contributed by atoms with Gasteiger partial charge in [-0.05, 0) is 31.0 Å². The number of amides is 2. The molecule has 7 nitrogen and oxygen atoms in total. The molecule has 30 heavy (non-hydrogen) atoms. The van der Waals surface area contributed by atoms with Crippen LogP contribution in [0.25, 0.3) is 11.1 Å². The molecule has 0 spiro atoms. The van der Waals surface area contributed by atoms with Crippen LogP contribution in [0.4, 0.5) is 0 Å². The van der Waals surface area contributed by atoms with Crippen molar-refractivity contribution in [1.29, 1.82) is 0 Å². The molecule has 0 fully saturated rings. The number of nitrogens with one attached hydrogen (secondary N) is 2. The fraction of sp³-hybridized carbons (Fsp3) is 0.217. The molecule has 0 unspecified atom stereocenters. The Morgan fingerprint density at radius 3 is 2.10 bits per heavy atom. The molecule has 0 saturated carbocycles. The summed E-state index contributed by atoms with van der Waals surface area (Å²) in [6.45, 7) is 3.70. The van der Waals surface area contributed by atoms with Crippen LogP contribution in [0.3, 0.4) is 0 Å². The number of aromatic nitrogens is 2. The fourth-order valence-corrected chi connectivity index (χ4v) is 3.06. The van der Waals surface area contributed by atoms with Crippen LogP contribution in [0, 0.1) is 13.8 Å². The Morgan fingerprint density at radius 2 is 1.47 bits per heavy atom. The molecular weight excluding hydrogens is 380 g/mol. The molecule has 154 valence electrons. The number of rotatable bonds is 7. The number of Topliss-reactive ketones (excluding diaryl/α,β-unsaturated/α-hetero) is 1. The number of hydrogen-bond donors (Lipinski definition) is 2. The molecule has 0 aliphatic heterocycles. The lowest BCUT2D eigenvalue weighted by molar-refractivity contribution is -0.129. The Balaban J connectivity index is 1.43. The van der Waals surface area contributed by atoms with Gasteiger partial charge in [0.25, 0.3) is 5.91 Å². The van der Waals surface area contributed by atoms with Crippen LogP contribution in [0.15, 0.2) is 60.7 Å². The van der Waals surface area contributed by atoms with E-state index in [0.29, 0.717) is 5.56 Å². The lowest BCUT2D eigenvalue weighted by Crippen LogP contribution is -2.43. The van der Waals surface area contributed by atoms with Gasteiger partial charge in [0.2, 0.25) is 5.91 Å². The third-order valence-electron chi connectivity index (χ3n) is 4.63. The van der Waals surface area contributed by atoms with Crippen LogP contribution < -0.4 is 10.9 Å². The monoisotopic (exact) mass is 404 g/mol. The first-order valence-electron chi connectivity index (χ1n) is 9.70. The van der Waals surface area contributed by atoms with E-state index in [1.165, 1.54) is 0 Å². The summed E-state index contributed by atoms with van der Waals surface area (Å²) < 4.78 is 1.56. The number of nitrogens with zero attached hydrogens (tertiary/aromatic N) is 2. The third-order valence-corrected chi connectivity index (χ3v) is 4.63. The first-order valence-corrected chi connectivity index (χ1v) is 9.70. The van der Waals surface area contributed by atoms with Gasteiger partial charge in [-0.3, -0.25) is 29.9 Å². The van der Waals surface area contributed by atoms with E-state index >= 15 is 0 Å². The molecule has 0 bridgehead atoms. The standard InChI is InChI=1S/C23H24N4O3/c1-16-14-17(2)27(26-16)15-23(30)25-24-22(29)13-12-21(28)20-10-8-19(9-11-20)18-6-4-3-5-7-18/h3-11,14H,12-13,15H2,1-2H3,(H,24,29)(H,25,30). The molecule has 0 radical (unpaired) electrons. The van der Waals surface area contributed by atoms with Crippen LogP contribution in [0.5, 0.6) is 0 Å². The SMILES string of the molecule is Cc1cc(C)n(CC(=O)NNC(=O)CCC(=O)c2ccc(-c3ccccc3)cc2)n1. The highest BCUT2D eigenvalue weighted by atomic mass is 16.2. The number of benzene rings is 2. The van der Waals surface area contributed by atoms with Gasteiger partial charge >= 0.3 is 0 Å². The largest absolute Gasteiger partial charge is 0.294 e. The van der Waals surface area contributed by atoms with Crippen LogP contribution >= 0.6 is 0 Å². The second-order valence-corrected chi connectivity index (χ2v) is 7.05. The molecule has 3 rings (SSSR count). The molecule has 2 aromatic carbocycles. The molecule has 1 heterocycles. The second-order valence-electron chi connectivity index (χ2n) is 7.05. The van der Waals surface area contributed by atoms with Gasteiger partial charge in [0.05, 0.1) is 5.69 Å². The van der Waals surface area contributed by atoms with Crippen molar-refractivity contribution >= 4 is 17.6 Å². The van der Waals surface area contributed by atoms with Gasteiger partial charge in [-0.2, -0.15) is 5.10 Å². The first kappa shape index (κ1) is 21.0. The number of carbonyl (C=O) groups is 3. The van der Waals surface area contributed by atoms with Gasteiger partial charge in [0.15, 0.2) is 5.78 Å². The van der Waals surface area contributed by atoms with Gasteiger partial charge in [-0.25, -0.2) is 0 Å². The highest BCUT2D eigenvalue weighted by Gasteiger charge is 2.12. The van der Waals surface area contributed by atoms with Crippen molar-refractivity contribution < 1.29 is 14.4 Å². The molecule has 1 aromatic heterocycles. The average Bonchev–Trinajstić information content (AvgIpc) is 3.07. The van der Waals surface area contributed by atoms with Crippen molar-refractivity contribution in [2.75, 3.05) is 0 Å². The summed E-state index contributed by atoms with van der Waals surface area (Å²) in [4.78, 5) is 36.2. The van der Waals surface area contributed by atoms with Crippen LogP contribution in [0.2, 0.25) is 0 Å². The first-order chi connectivity index (χ1) is 14.4. The van der Waals surface area contributed by atoms with Crippen LogP contribution in [-0.4, -0.2) is 27.4 Å². The molecule has 0 atom stereocenters. The minimum atomic E-state index is -0.425. The predicted molar refractivity (Wildman–Crippen MR) is 113 cm³/mol. The minimum Gasteiger partial charge on any atom is -0.294 e. The lowest BCUT2D eigenvalue weighted by Gasteiger charge is -2.08. The molecule has 0 aliphatic carbocycles. The number of hydrogen-bond acceptors (Lipinski definition) is 4. The summed E-state index contributed by atoms with van der Waals surface area (Å²) in [5, 5.41) is 4.19. The molecule has 3 aromatic rings. The zero-order valence-corrected chi connectivity index (χ0v) is 17.0. The third kappa shape index (κ3) is 5.64. The van der Waals surface area contributed by atoms with Gasteiger partial charge in [-0.1, -0.05) is 54.6 Å². The minimum absolute atomic E-state index is 0.00659. The Bertz CT molecular complexity index is 1040. The van der Waals surface area contributed by atoms with E-state index in [9.17, 15) is 14.4 Å². The zero-order valence-electron chi connectivity index (χ0n) is 17.0. The maximum Gasteiger partial charge on any atom is 0.260 e. The molecular formula is C23H24N4O3. The van der Waals surface area contributed by atoms with Crippen molar-refractivity contribution in [2.45, 2.75) is 33.2 Å². The van der Waals surface area contributed by atoms with Crippen molar-refractivity contribution in [3.05, 3.63) is 77.6 Å². The highest BCUT2D eigenvalue weighted by molar-refractivity contribution is 5.98. The maximum atomic E-state index is 12.3. The molecule has 2 amide bonds. The van der Waals surface area contributed by atoms with Gasteiger partial charge in [0, 0.05) is 24.1 Å². The van der Waals surface area contributed by atoms with Crippen molar-refractivity contribution in [2.24, 2.45) is 0 Å². The number of hydrazine groups is 1. The van der Waals surface area contributed by atoms with Crippen LogP contribution in [-0.2, 0) is 16.1 Å². The van der Waals surface area contributed by atoms with E-state index in [0.717, 1.165) is 22.5 Å². The van der Waals surface area contributed by atoms with E-state index in [4.69, 9.17) is 0 Å². The Labute approximate surface area is 175 Å². The topological polar surface area (TPSA) is 93.1 Å². The summed E-state index contributed by atoms with van der Waals surface area (Å²) in [6.07, 6.45) is 0.0449. The van der Waals surface area contributed by atoms with Crippen molar-refractivity contribution in [3.63, 3.8) is 0 Å². The number of ketones is 1. The van der Waals surface area contributed by atoms with E-state index in [1.807, 2.05) is 62.4 Å². The van der Waals surface area contributed by atoms with Crippen molar-refractivity contribution in [1.82, 2.24) is 20.6 Å². The van der Waals surface area contributed by atoms with Crippen molar-refractivity contribution in [3.8, 4) is 11.1 Å². The molecule has 2 N–H and O–H groups in total. The lowest BCUT2D eigenvalue weighted by atomic mass is 10.0. The smallest absolute Gasteiger partial charge is 0.260 e. The van der Waals surface area contributed by atoms with Crippen LogP contribution in [0.1, 0.15) is 34.6 Å². The summed E-state index contributed by atoms with van der Waals surface area (Å²) in [5.74, 6) is -0.943. The molecule has 7 heteroatoms. The van der Waals surface area contributed by atoms with E-state index in [1.54, 1.807) is 16.8 Å². The van der Waals surface area contributed by atoms with E-state index in [-0.39, 0.29) is 25.2 Å². The predicted octanol–water partition coefficient (Wildman–Crippen LogP) is 2.98. The number of carbonyl (C=O) groups excluding carboxylic acids is 3. The Morgan fingerprint density at radius 1 is 0.833 bits per heavy atom. The maximum absolute atomic E-state index is 12.3. The van der Waals surface area contributed by atoms with Gasteiger partial charge < -0.3 is 0 Å². The quantitative estimate of drug-likeness (QED) is 0.468. The average molecular weight is 404 g/mol. The van der Waals surface area contributed by atoms with E-state index < -0.39 is 11.8 Å². The fourth-order valence-electron chi connectivity index (χ4n) is 3.06. The second kappa shape index (κ2) is 9.65. The Hall–Kier alpha value is -3.74. The molecule has 0 aliphatic rings. The Kier molecular flexibility index (Phi) is 6.75. The normalized spacial score (nSPS) is 10.5. The molecule has 0 saturated heterocycles. The van der Waals surface area contributed by atoms with E-state index in [2.05, 4.69) is 16.0 Å². The summed E-state index contributed by atoms with van der Waals surface area (Å²) >= 11 is 0. The highest BCUT2D eigenvalue weighted by Crippen LogP contribution is 2.19. The van der Waals surface area contributed by atoms with Gasteiger partial charge in [0.1, 0.15) is 6.54 Å². The number of aryl methyl sites for hydroxylation is 2. The van der Waals surface area contributed by atoms with Gasteiger partial charge in [-0.15, -0.1) is 0 Å². The summed E-state index contributed by atoms with van der Waals surface area (Å²) in [7, 11) is 0. The summed E-state index contributed by atoms with van der Waals surface area (Å²) in [5.41, 5.74) is 9.01.